The van der Waals surface area contributed by atoms with Crippen LogP contribution < -0.4 is 0 Å². The normalized spacial score (nSPS) is 15.2. The summed E-state index contributed by atoms with van der Waals surface area (Å²) in [5, 5.41) is 8.15. The van der Waals surface area contributed by atoms with Gasteiger partial charge in [0.1, 0.15) is 0 Å². The van der Waals surface area contributed by atoms with Gasteiger partial charge in [-0.15, -0.1) is 0 Å². The van der Waals surface area contributed by atoms with Gasteiger partial charge in [-0.2, -0.15) is 52.7 Å². The average Bonchev–Trinajstić information content (AvgIpc) is 2.45. The Morgan fingerprint density at radius 2 is 1.07 bits per heavy atom. The Balaban J connectivity index is 6.35. The lowest BCUT2D eigenvalue weighted by atomic mass is 9.89. The molecule has 0 aromatic rings. The molecule has 0 fully saturated rings. The number of aliphatic carboxylic acids is 1. The minimum absolute atomic E-state index is 1.97. The van der Waals surface area contributed by atoms with Crippen LogP contribution in [0.1, 0.15) is 6.42 Å². The van der Waals surface area contributed by atoms with Gasteiger partial charge < -0.3 is 5.11 Å². The molecule has 1 N–H and O–H groups in total. The Kier molecular flexibility index (Phi) is 6.25. The second-order valence-electron chi connectivity index (χ2n) is 5.01. The molecule has 0 saturated carbocycles. The molecule has 0 unspecified atom stereocenters. The molecule has 0 saturated heterocycles. The summed E-state index contributed by atoms with van der Waals surface area (Å²) in [4.78, 5) is 10.2. The lowest BCUT2D eigenvalue weighted by Crippen LogP contribution is -2.71. The number of carboxylic acids is 1. The fraction of sp³-hybridized carbons (Fsp3) is 0.727. The smallest absolute Gasteiger partial charge is 0.384 e. The molecule has 0 amide bonds. The highest BCUT2D eigenvalue weighted by Crippen LogP contribution is 2.61. The molecule has 0 rings (SSSR count). The highest BCUT2D eigenvalue weighted by Gasteiger charge is 2.91. The van der Waals surface area contributed by atoms with Crippen molar-refractivity contribution < 1.29 is 71.4 Å². The van der Waals surface area contributed by atoms with Crippen LogP contribution in [0.3, 0.4) is 0 Å². The molecule has 0 radical (unpaired) electrons. The summed E-state index contributed by atoms with van der Waals surface area (Å²) < 4.78 is 180. The van der Waals surface area contributed by atoms with E-state index in [-0.39, 0.29) is 0 Å². The minimum Gasteiger partial charge on any atom is -0.478 e. The Morgan fingerprint density at radius 3 is 1.37 bits per heavy atom. The summed E-state index contributed by atoms with van der Waals surface area (Å²) in [5.74, 6) is -48.0. The number of carboxylic acid groups (broad SMARTS) is 1. The monoisotopic (exact) mass is 436 g/mol. The fourth-order valence-electron chi connectivity index (χ4n) is 1.42. The van der Waals surface area contributed by atoms with Crippen molar-refractivity contribution in [3.63, 3.8) is 0 Å². The van der Waals surface area contributed by atoms with Crippen LogP contribution in [0, 0.1) is 0 Å². The van der Waals surface area contributed by atoms with E-state index in [4.69, 9.17) is 5.11 Å². The zero-order valence-corrected chi connectivity index (χ0v) is 12.1. The first-order valence-corrected chi connectivity index (χ1v) is 5.98. The Hall–Kier alpha value is -1.77. The highest BCUT2D eigenvalue weighted by molar-refractivity contribution is 5.85. The predicted octanol–water partition coefficient (Wildman–Crippen LogP) is 5.09. The number of rotatable bonds is 9. The molecule has 0 heterocycles. The first-order chi connectivity index (χ1) is 11.5. The van der Waals surface area contributed by atoms with Crippen LogP contribution in [-0.2, 0) is 4.79 Å². The summed E-state index contributed by atoms with van der Waals surface area (Å²) in [6.45, 7) is 2.20. The number of carbonyl (C=O) groups is 1. The SMILES string of the molecule is C=C(CC(F)(F)C(F)(F)C(F)(F)C(F)(F)C(F)(F)C(F)(F)C(F)F)C(=O)O. The van der Waals surface area contributed by atoms with Crippen molar-refractivity contribution in [2.75, 3.05) is 0 Å². The van der Waals surface area contributed by atoms with Gasteiger partial charge in [-0.05, 0) is 0 Å². The summed E-state index contributed by atoms with van der Waals surface area (Å²) in [7, 11) is 0. The molecule has 16 heteroatoms. The van der Waals surface area contributed by atoms with E-state index in [0.717, 1.165) is 0 Å². The van der Waals surface area contributed by atoms with Gasteiger partial charge in [0.05, 0.1) is 0 Å². The van der Waals surface area contributed by atoms with Gasteiger partial charge in [-0.25, -0.2) is 13.6 Å². The molecule has 0 aliphatic heterocycles. The number of hydrogen-bond donors (Lipinski definition) is 1. The van der Waals surface area contributed by atoms with Gasteiger partial charge in [0, 0.05) is 12.0 Å². The second kappa shape index (κ2) is 6.68. The molecule has 0 aromatic carbocycles. The molecule has 2 nitrogen and oxygen atoms in total. The van der Waals surface area contributed by atoms with Crippen LogP contribution in [0.15, 0.2) is 12.2 Å². The standard InChI is InChI=1S/C11H6F14O2/c1-3(4(26)27)2-6(14,15)8(18,19)10(22,23)11(24,25)9(20,21)7(16,17)5(12)13/h5H,1-2H2,(H,26,27). The Labute approximate surface area is 139 Å². The van der Waals surface area contributed by atoms with Crippen LogP contribution in [0.2, 0.25) is 0 Å². The zero-order chi connectivity index (χ0) is 22.4. The summed E-state index contributed by atoms with van der Waals surface area (Å²) in [5.41, 5.74) is -1.97. The highest BCUT2D eigenvalue weighted by atomic mass is 19.4. The third-order valence-corrected chi connectivity index (χ3v) is 3.07. The largest absolute Gasteiger partial charge is 0.478 e. The minimum atomic E-state index is -8.13. The quantitative estimate of drug-likeness (QED) is 0.404. The van der Waals surface area contributed by atoms with Crippen molar-refractivity contribution in [1.82, 2.24) is 0 Å². The maximum Gasteiger partial charge on any atom is 0.384 e. The van der Waals surface area contributed by atoms with Crippen molar-refractivity contribution in [1.29, 1.82) is 0 Å². The predicted molar refractivity (Wildman–Crippen MR) is 57.1 cm³/mol. The van der Waals surface area contributed by atoms with E-state index in [2.05, 4.69) is 6.58 Å². The van der Waals surface area contributed by atoms with Crippen molar-refractivity contribution in [2.45, 2.75) is 48.4 Å². The summed E-state index contributed by atoms with van der Waals surface area (Å²) in [6.07, 6.45) is -8.76. The molecular weight excluding hydrogens is 430 g/mol. The van der Waals surface area contributed by atoms with Gasteiger partial charge >= 0.3 is 47.9 Å². The first kappa shape index (κ1) is 25.2. The number of hydrogen-bond acceptors (Lipinski definition) is 1. The molecule has 27 heavy (non-hydrogen) atoms. The van der Waals surface area contributed by atoms with Crippen molar-refractivity contribution in [2.24, 2.45) is 0 Å². The molecule has 0 aliphatic rings. The van der Waals surface area contributed by atoms with Crippen molar-refractivity contribution in [3.05, 3.63) is 12.2 Å². The van der Waals surface area contributed by atoms with Gasteiger partial charge in [0.15, 0.2) is 0 Å². The molecule has 0 bridgehead atoms. The van der Waals surface area contributed by atoms with Gasteiger partial charge in [-0.3, -0.25) is 0 Å². The van der Waals surface area contributed by atoms with Crippen LogP contribution in [0.25, 0.3) is 0 Å². The van der Waals surface area contributed by atoms with E-state index in [9.17, 15) is 66.3 Å². The van der Waals surface area contributed by atoms with Crippen molar-refractivity contribution >= 4 is 5.97 Å². The maximum absolute atomic E-state index is 13.2. The topological polar surface area (TPSA) is 37.3 Å². The van der Waals surface area contributed by atoms with Crippen LogP contribution >= 0.6 is 0 Å². The second-order valence-corrected chi connectivity index (χ2v) is 5.01. The average molecular weight is 436 g/mol. The zero-order valence-electron chi connectivity index (χ0n) is 12.1. The first-order valence-electron chi connectivity index (χ1n) is 5.98. The molecule has 160 valence electrons. The van der Waals surface area contributed by atoms with Crippen LogP contribution in [0.5, 0.6) is 0 Å². The van der Waals surface area contributed by atoms with Gasteiger partial charge in [-0.1, -0.05) is 6.58 Å². The van der Waals surface area contributed by atoms with E-state index in [1.165, 1.54) is 0 Å². The van der Waals surface area contributed by atoms with E-state index in [1.807, 2.05) is 0 Å². The van der Waals surface area contributed by atoms with Gasteiger partial charge in [0.25, 0.3) is 0 Å². The van der Waals surface area contributed by atoms with E-state index >= 15 is 0 Å². The Morgan fingerprint density at radius 1 is 0.741 bits per heavy atom. The molecule has 0 aromatic heterocycles. The van der Waals surface area contributed by atoms with E-state index in [1.54, 1.807) is 0 Å². The number of halogens is 14. The lowest BCUT2D eigenvalue weighted by molar-refractivity contribution is -0.432. The van der Waals surface area contributed by atoms with Gasteiger partial charge in [0.2, 0.25) is 0 Å². The lowest BCUT2D eigenvalue weighted by Gasteiger charge is -2.41. The fourth-order valence-corrected chi connectivity index (χ4v) is 1.42. The van der Waals surface area contributed by atoms with E-state index in [0.29, 0.717) is 0 Å². The molecule has 0 atom stereocenters. The third kappa shape index (κ3) is 3.53. The van der Waals surface area contributed by atoms with E-state index < -0.39 is 59.9 Å². The Bertz CT molecular complexity index is 594. The maximum atomic E-state index is 13.2. The molecule has 0 spiro atoms. The van der Waals surface area contributed by atoms with Crippen molar-refractivity contribution in [3.8, 4) is 0 Å². The number of alkyl halides is 14. The molecular formula is C11H6F14O2. The third-order valence-electron chi connectivity index (χ3n) is 3.07. The van der Waals surface area contributed by atoms with Crippen LogP contribution in [-0.4, -0.2) is 53.0 Å². The molecule has 0 aliphatic carbocycles. The summed E-state index contributed by atoms with van der Waals surface area (Å²) >= 11 is 0. The summed E-state index contributed by atoms with van der Waals surface area (Å²) in [6, 6.07) is 0. The van der Waals surface area contributed by atoms with Crippen LogP contribution in [0.4, 0.5) is 61.5 Å².